The number of nitrogens with two attached hydrogens (primary N) is 1. The average Bonchev–Trinajstić information content (AvgIpc) is 2.80. The van der Waals surface area contributed by atoms with Gasteiger partial charge in [0.15, 0.2) is 0 Å². The Kier molecular flexibility index (Phi) is 3.35. The van der Waals surface area contributed by atoms with Gasteiger partial charge < -0.3 is 10.5 Å². The van der Waals surface area contributed by atoms with Crippen molar-refractivity contribution < 1.29 is 17.9 Å². The second-order valence-corrected chi connectivity index (χ2v) is 4.12. The van der Waals surface area contributed by atoms with Gasteiger partial charge in [0.05, 0.1) is 23.9 Å². The van der Waals surface area contributed by atoms with Crippen LogP contribution in [-0.2, 0) is 10.9 Å². The highest BCUT2D eigenvalue weighted by Crippen LogP contribution is 2.30. The molecule has 2 rings (SSSR count). The SMILES string of the molecule is NC(c1ccc(C(F)(F)F)cn1)C1CCOC1. The summed E-state index contributed by atoms with van der Waals surface area (Å²) in [6.07, 6.45) is -2.71. The lowest BCUT2D eigenvalue weighted by Gasteiger charge is -2.17. The van der Waals surface area contributed by atoms with E-state index in [1.165, 1.54) is 6.07 Å². The van der Waals surface area contributed by atoms with Gasteiger partial charge in [0.1, 0.15) is 0 Å². The lowest BCUT2D eigenvalue weighted by molar-refractivity contribution is -0.137. The number of pyridine rings is 1. The van der Waals surface area contributed by atoms with E-state index < -0.39 is 11.7 Å². The molecule has 2 atom stereocenters. The van der Waals surface area contributed by atoms with Crippen molar-refractivity contribution in [1.82, 2.24) is 4.98 Å². The second kappa shape index (κ2) is 4.62. The van der Waals surface area contributed by atoms with E-state index in [2.05, 4.69) is 4.98 Å². The third-order valence-electron chi connectivity index (χ3n) is 2.93. The molecule has 6 heteroatoms. The highest BCUT2D eigenvalue weighted by atomic mass is 19.4. The summed E-state index contributed by atoms with van der Waals surface area (Å²) in [6, 6.07) is 1.99. The number of nitrogens with zero attached hydrogens (tertiary/aromatic N) is 1. The van der Waals surface area contributed by atoms with Crippen molar-refractivity contribution in [3.63, 3.8) is 0 Å². The maximum atomic E-state index is 12.3. The Hall–Kier alpha value is -1.14. The van der Waals surface area contributed by atoms with E-state index in [0.717, 1.165) is 18.7 Å². The van der Waals surface area contributed by atoms with Crippen LogP contribution in [-0.4, -0.2) is 18.2 Å². The van der Waals surface area contributed by atoms with Crippen molar-refractivity contribution in [2.24, 2.45) is 11.7 Å². The Bertz CT molecular complexity index is 371. The van der Waals surface area contributed by atoms with Crippen molar-refractivity contribution in [2.75, 3.05) is 13.2 Å². The minimum absolute atomic E-state index is 0.138. The summed E-state index contributed by atoms with van der Waals surface area (Å²) in [6.45, 7) is 1.20. The normalized spacial score (nSPS) is 22.7. The first kappa shape index (κ1) is 12.3. The van der Waals surface area contributed by atoms with Gasteiger partial charge in [-0.3, -0.25) is 4.98 Å². The average molecular weight is 246 g/mol. The van der Waals surface area contributed by atoms with E-state index in [1.807, 2.05) is 0 Å². The van der Waals surface area contributed by atoms with Gasteiger partial charge in [0, 0.05) is 18.7 Å². The summed E-state index contributed by atoms with van der Waals surface area (Å²) in [4.78, 5) is 3.79. The van der Waals surface area contributed by atoms with Crippen molar-refractivity contribution in [3.8, 4) is 0 Å². The number of aromatic nitrogens is 1. The summed E-state index contributed by atoms with van der Waals surface area (Å²) >= 11 is 0. The fourth-order valence-electron chi connectivity index (χ4n) is 1.85. The Morgan fingerprint density at radius 3 is 2.65 bits per heavy atom. The van der Waals surface area contributed by atoms with Crippen LogP contribution in [0.2, 0.25) is 0 Å². The first-order valence-electron chi connectivity index (χ1n) is 5.35. The van der Waals surface area contributed by atoms with Gasteiger partial charge in [0.25, 0.3) is 0 Å². The molecule has 0 saturated carbocycles. The third-order valence-corrected chi connectivity index (χ3v) is 2.93. The zero-order valence-corrected chi connectivity index (χ0v) is 9.07. The zero-order chi connectivity index (χ0) is 12.5. The molecule has 0 radical (unpaired) electrons. The minimum Gasteiger partial charge on any atom is -0.381 e. The van der Waals surface area contributed by atoms with Crippen LogP contribution in [0.3, 0.4) is 0 Å². The molecular formula is C11H13F3N2O. The molecule has 1 aromatic heterocycles. The van der Waals surface area contributed by atoms with E-state index in [9.17, 15) is 13.2 Å². The molecular weight excluding hydrogens is 233 g/mol. The maximum Gasteiger partial charge on any atom is 0.417 e. The van der Waals surface area contributed by atoms with E-state index in [4.69, 9.17) is 10.5 Å². The smallest absolute Gasteiger partial charge is 0.381 e. The van der Waals surface area contributed by atoms with Crippen LogP contribution in [0.15, 0.2) is 18.3 Å². The Morgan fingerprint density at radius 2 is 2.18 bits per heavy atom. The van der Waals surface area contributed by atoms with E-state index in [0.29, 0.717) is 18.9 Å². The van der Waals surface area contributed by atoms with E-state index >= 15 is 0 Å². The fourth-order valence-corrected chi connectivity index (χ4v) is 1.85. The predicted molar refractivity (Wildman–Crippen MR) is 55.1 cm³/mol. The zero-order valence-electron chi connectivity index (χ0n) is 9.07. The molecule has 3 nitrogen and oxygen atoms in total. The number of halogens is 3. The van der Waals surface area contributed by atoms with Crippen LogP contribution >= 0.6 is 0 Å². The van der Waals surface area contributed by atoms with Crippen molar-refractivity contribution in [3.05, 3.63) is 29.6 Å². The van der Waals surface area contributed by atoms with Gasteiger partial charge in [-0.05, 0) is 18.6 Å². The number of hydrogen-bond acceptors (Lipinski definition) is 3. The first-order valence-corrected chi connectivity index (χ1v) is 5.35. The summed E-state index contributed by atoms with van der Waals surface area (Å²) < 4.78 is 42.2. The van der Waals surface area contributed by atoms with Gasteiger partial charge in [-0.2, -0.15) is 13.2 Å². The molecule has 94 valence electrons. The van der Waals surface area contributed by atoms with Crippen LogP contribution in [0.4, 0.5) is 13.2 Å². The van der Waals surface area contributed by atoms with Crippen LogP contribution in [0.5, 0.6) is 0 Å². The molecule has 0 bridgehead atoms. The second-order valence-electron chi connectivity index (χ2n) is 4.12. The molecule has 1 fully saturated rings. The molecule has 2 N–H and O–H groups in total. The molecule has 2 heterocycles. The van der Waals surface area contributed by atoms with Gasteiger partial charge in [-0.1, -0.05) is 0 Å². The monoisotopic (exact) mass is 246 g/mol. The highest BCUT2D eigenvalue weighted by Gasteiger charge is 2.31. The van der Waals surface area contributed by atoms with Crippen molar-refractivity contribution in [1.29, 1.82) is 0 Å². The molecule has 0 aromatic carbocycles. The minimum atomic E-state index is -4.36. The van der Waals surface area contributed by atoms with Gasteiger partial charge >= 0.3 is 6.18 Å². The molecule has 1 saturated heterocycles. The number of alkyl halides is 3. The standard InChI is InChI=1S/C11H13F3N2O/c12-11(13,14)8-1-2-9(16-5-8)10(15)7-3-4-17-6-7/h1-2,5,7,10H,3-4,6,15H2. The molecule has 0 spiro atoms. The Balaban J connectivity index is 2.12. The Morgan fingerprint density at radius 1 is 1.41 bits per heavy atom. The summed E-state index contributed by atoms with van der Waals surface area (Å²) in [5, 5.41) is 0. The summed E-state index contributed by atoms with van der Waals surface area (Å²) in [5.41, 5.74) is 5.66. The van der Waals surface area contributed by atoms with Crippen LogP contribution in [0.1, 0.15) is 23.7 Å². The largest absolute Gasteiger partial charge is 0.417 e. The molecule has 0 amide bonds. The molecule has 2 unspecified atom stereocenters. The highest BCUT2D eigenvalue weighted by molar-refractivity contribution is 5.19. The van der Waals surface area contributed by atoms with Crippen LogP contribution < -0.4 is 5.73 Å². The van der Waals surface area contributed by atoms with E-state index in [1.54, 1.807) is 0 Å². The molecule has 1 aromatic rings. The maximum absolute atomic E-state index is 12.3. The molecule has 0 aliphatic carbocycles. The van der Waals surface area contributed by atoms with Crippen LogP contribution in [0.25, 0.3) is 0 Å². The summed E-state index contributed by atoms with van der Waals surface area (Å²) in [7, 11) is 0. The Labute approximate surface area is 96.8 Å². The van der Waals surface area contributed by atoms with Gasteiger partial charge in [0.2, 0.25) is 0 Å². The topological polar surface area (TPSA) is 48.1 Å². The first-order chi connectivity index (χ1) is 7.98. The number of hydrogen-bond donors (Lipinski definition) is 1. The summed E-state index contributed by atoms with van der Waals surface area (Å²) in [5.74, 6) is 0.138. The van der Waals surface area contributed by atoms with Crippen molar-refractivity contribution >= 4 is 0 Å². The van der Waals surface area contributed by atoms with Gasteiger partial charge in [-0.15, -0.1) is 0 Å². The van der Waals surface area contributed by atoms with E-state index in [-0.39, 0.29) is 12.0 Å². The third kappa shape index (κ3) is 2.76. The number of ether oxygens (including phenoxy) is 1. The number of rotatable bonds is 2. The molecule has 1 aliphatic heterocycles. The predicted octanol–water partition coefficient (Wildman–Crippen LogP) is 2.14. The lowest BCUT2D eigenvalue weighted by atomic mass is 9.96. The van der Waals surface area contributed by atoms with Crippen LogP contribution in [0, 0.1) is 5.92 Å². The van der Waals surface area contributed by atoms with Crippen molar-refractivity contribution in [2.45, 2.75) is 18.6 Å². The fraction of sp³-hybridized carbons (Fsp3) is 0.545. The lowest BCUT2D eigenvalue weighted by Crippen LogP contribution is -2.23. The molecule has 1 aliphatic rings. The quantitative estimate of drug-likeness (QED) is 0.869. The molecule has 17 heavy (non-hydrogen) atoms. The van der Waals surface area contributed by atoms with Gasteiger partial charge in [-0.25, -0.2) is 0 Å².